The molecule has 0 aliphatic heterocycles. The van der Waals surface area contributed by atoms with Gasteiger partial charge in [-0.25, -0.2) is 0 Å². The maximum atomic E-state index is 11.7. The number of thioether (sulfide) groups is 1. The molecule has 0 saturated heterocycles. The van der Waals surface area contributed by atoms with Crippen LogP contribution in [-0.4, -0.2) is 34.5 Å². The molecule has 0 aromatic rings. The summed E-state index contributed by atoms with van der Waals surface area (Å²) in [5.74, 6) is -0.0497. The van der Waals surface area contributed by atoms with Gasteiger partial charge in [0.1, 0.15) is 0 Å². The third-order valence-corrected chi connectivity index (χ3v) is 4.38. The fraction of sp³-hybridized carbons (Fsp3) is 0.846. The number of carbonyl (C=O) groups is 2. The van der Waals surface area contributed by atoms with Crippen LogP contribution in [0, 0.1) is 5.92 Å². The number of carbonyl (C=O) groups excluding carboxylic acids is 1. The molecule has 0 aromatic heterocycles. The minimum atomic E-state index is -0.868. The summed E-state index contributed by atoms with van der Waals surface area (Å²) in [6, 6.07) is 0.267. The number of aliphatic carboxylic acids is 1. The average Bonchev–Trinajstić information content (AvgIpc) is 2.36. The maximum Gasteiger partial charge on any atom is 0.313 e. The van der Waals surface area contributed by atoms with Crippen LogP contribution < -0.4 is 5.32 Å². The van der Waals surface area contributed by atoms with Crippen molar-refractivity contribution in [3.63, 3.8) is 0 Å². The van der Waals surface area contributed by atoms with Gasteiger partial charge in [0.15, 0.2) is 0 Å². The van der Waals surface area contributed by atoms with Crippen LogP contribution in [0.5, 0.6) is 0 Å². The fourth-order valence-electron chi connectivity index (χ4n) is 2.57. The molecule has 1 unspecified atom stereocenters. The molecule has 1 fully saturated rings. The molecule has 18 heavy (non-hydrogen) atoms. The highest BCUT2D eigenvalue weighted by atomic mass is 32.2. The van der Waals surface area contributed by atoms with E-state index >= 15 is 0 Å². The van der Waals surface area contributed by atoms with Gasteiger partial charge in [-0.2, -0.15) is 0 Å². The maximum absolute atomic E-state index is 11.7. The molecular formula is C13H23NO3S. The predicted octanol–water partition coefficient (Wildman–Crippen LogP) is 2.28. The molecule has 104 valence electrons. The van der Waals surface area contributed by atoms with E-state index in [1.54, 1.807) is 0 Å². The van der Waals surface area contributed by atoms with Crippen molar-refractivity contribution >= 4 is 23.6 Å². The highest BCUT2D eigenvalue weighted by Gasteiger charge is 2.23. The summed E-state index contributed by atoms with van der Waals surface area (Å²) in [5, 5.41) is 11.6. The lowest BCUT2D eigenvalue weighted by Crippen LogP contribution is -2.41. The number of hydrogen-bond donors (Lipinski definition) is 2. The molecule has 1 aliphatic carbocycles. The van der Waals surface area contributed by atoms with Gasteiger partial charge >= 0.3 is 5.97 Å². The van der Waals surface area contributed by atoms with E-state index in [0.29, 0.717) is 5.92 Å². The predicted molar refractivity (Wildman–Crippen MR) is 73.8 cm³/mol. The largest absolute Gasteiger partial charge is 0.481 e. The van der Waals surface area contributed by atoms with Crippen molar-refractivity contribution in [1.82, 2.24) is 5.32 Å². The van der Waals surface area contributed by atoms with Gasteiger partial charge in [-0.3, -0.25) is 9.59 Å². The topological polar surface area (TPSA) is 66.4 Å². The number of amides is 1. The van der Waals surface area contributed by atoms with Crippen LogP contribution in [0.2, 0.25) is 0 Å². The molecule has 1 aliphatic rings. The second-order valence-corrected chi connectivity index (χ2v) is 5.85. The third kappa shape index (κ3) is 5.76. The zero-order valence-corrected chi connectivity index (χ0v) is 11.8. The molecule has 1 rings (SSSR count). The number of nitrogens with one attached hydrogen (secondary N) is 1. The van der Waals surface area contributed by atoms with Gasteiger partial charge in [-0.05, 0) is 25.2 Å². The van der Waals surface area contributed by atoms with E-state index in [1.807, 2.05) is 0 Å². The Morgan fingerprint density at radius 1 is 1.28 bits per heavy atom. The molecule has 0 bridgehead atoms. The summed E-state index contributed by atoms with van der Waals surface area (Å²) in [4.78, 5) is 22.1. The minimum absolute atomic E-state index is 0.00631. The van der Waals surface area contributed by atoms with Crippen molar-refractivity contribution < 1.29 is 14.7 Å². The Hall–Kier alpha value is -0.710. The molecule has 0 radical (unpaired) electrons. The van der Waals surface area contributed by atoms with E-state index in [4.69, 9.17) is 5.11 Å². The lowest BCUT2D eigenvalue weighted by Gasteiger charge is -2.30. The average molecular weight is 273 g/mol. The van der Waals surface area contributed by atoms with Gasteiger partial charge in [0.05, 0.1) is 11.5 Å². The Morgan fingerprint density at radius 3 is 2.50 bits per heavy atom. The van der Waals surface area contributed by atoms with Crippen molar-refractivity contribution in [3.05, 3.63) is 0 Å². The Kier molecular flexibility index (Phi) is 7.16. The molecule has 0 heterocycles. The summed E-state index contributed by atoms with van der Waals surface area (Å²) >= 11 is 1.16. The fourth-order valence-corrected chi connectivity index (χ4v) is 3.11. The second kappa shape index (κ2) is 8.40. The van der Waals surface area contributed by atoms with Gasteiger partial charge < -0.3 is 10.4 Å². The SMILES string of the molecule is CCC(NC(=O)CSCC(=O)O)C1CCCCC1. The van der Waals surface area contributed by atoms with Crippen LogP contribution in [0.4, 0.5) is 0 Å². The third-order valence-electron chi connectivity index (χ3n) is 3.46. The van der Waals surface area contributed by atoms with Crippen molar-refractivity contribution in [2.45, 2.75) is 51.5 Å². The molecule has 1 amide bonds. The first-order valence-electron chi connectivity index (χ1n) is 6.72. The van der Waals surface area contributed by atoms with E-state index in [0.717, 1.165) is 18.2 Å². The van der Waals surface area contributed by atoms with Gasteiger partial charge in [-0.1, -0.05) is 26.2 Å². The van der Waals surface area contributed by atoms with Crippen molar-refractivity contribution in [2.75, 3.05) is 11.5 Å². The van der Waals surface area contributed by atoms with Crippen LogP contribution in [0.3, 0.4) is 0 Å². The Morgan fingerprint density at radius 2 is 1.94 bits per heavy atom. The standard InChI is InChI=1S/C13H23NO3S/c1-2-11(10-6-4-3-5-7-10)14-12(15)8-18-9-13(16)17/h10-11H,2-9H2,1H3,(H,14,15)(H,16,17). The number of rotatable bonds is 7. The van der Waals surface area contributed by atoms with E-state index in [-0.39, 0.29) is 23.5 Å². The summed E-state index contributed by atoms with van der Waals surface area (Å²) in [6.45, 7) is 2.10. The molecule has 1 saturated carbocycles. The van der Waals surface area contributed by atoms with E-state index < -0.39 is 5.97 Å². The minimum Gasteiger partial charge on any atom is -0.481 e. The Bertz CT molecular complexity index is 277. The highest BCUT2D eigenvalue weighted by molar-refractivity contribution is 8.00. The molecule has 0 spiro atoms. The van der Waals surface area contributed by atoms with Gasteiger partial charge in [-0.15, -0.1) is 11.8 Å². The van der Waals surface area contributed by atoms with Crippen LogP contribution in [-0.2, 0) is 9.59 Å². The summed E-state index contributed by atoms with van der Waals surface area (Å²) in [7, 11) is 0. The number of hydrogen-bond acceptors (Lipinski definition) is 3. The summed E-state index contributed by atoms with van der Waals surface area (Å²) < 4.78 is 0. The molecule has 0 aromatic carbocycles. The van der Waals surface area contributed by atoms with Gasteiger partial charge in [0.2, 0.25) is 5.91 Å². The zero-order valence-electron chi connectivity index (χ0n) is 11.0. The lowest BCUT2D eigenvalue weighted by atomic mass is 9.83. The monoisotopic (exact) mass is 273 g/mol. The smallest absolute Gasteiger partial charge is 0.313 e. The number of carboxylic acids is 1. The summed E-state index contributed by atoms with van der Waals surface area (Å²) in [5.41, 5.74) is 0. The van der Waals surface area contributed by atoms with E-state index in [2.05, 4.69) is 12.2 Å². The van der Waals surface area contributed by atoms with Crippen LogP contribution >= 0.6 is 11.8 Å². The lowest BCUT2D eigenvalue weighted by molar-refractivity contribution is -0.133. The van der Waals surface area contributed by atoms with E-state index in [1.165, 1.54) is 32.1 Å². The Balaban J connectivity index is 2.28. The van der Waals surface area contributed by atoms with Crippen LogP contribution in [0.15, 0.2) is 0 Å². The zero-order chi connectivity index (χ0) is 13.4. The molecule has 5 heteroatoms. The van der Waals surface area contributed by atoms with Crippen molar-refractivity contribution in [3.8, 4) is 0 Å². The van der Waals surface area contributed by atoms with E-state index in [9.17, 15) is 9.59 Å². The molecule has 2 N–H and O–H groups in total. The molecule has 1 atom stereocenters. The molecule has 4 nitrogen and oxygen atoms in total. The van der Waals surface area contributed by atoms with Gasteiger partial charge in [0.25, 0.3) is 0 Å². The highest BCUT2D eigenvalue weighted by Crippen LogP contribution is 2.27. The quantitative estimate of drug-likeness (QED) is 0.747. The number of carboxylic acid groups (broad SMARTS) is 1. The summed E-state index contributed by atoms with van der Waals surface area (Å²) in [6.07, 6.45) is 7.23. The first-order chi connectivity index (χ1) is 8.63. The normalized spacial score (nSPS) is 18.3. The van der Waals surface area contributed by atoms with Crippen LogP contribution in [0.25, 0.3) is 0 Å². The first-order valence-corrected chi connectivity index (χ1v) is 7.87. The molecular weight excluding hydrogens is 250 g/mol. The van der Waals surface area contributed by atoms with Crippen molar-refractivity contribution in [1.29, 1.82) is 0 Å². The Labute approximate surface area is 113 Å². The van der Waals surface area contributed by atoms with Gasteiger partial charge in [0, 0.05) is 6.04 Å². The van der Waals surface area contributed by atoms with Crippen molar-refractivity contribution in [2.24, 2.45) is 5.92 Å². The second-order valence-electron chi connectivity index (χ2n) is 4.87. The van der Waals surface area contributed by atoms with Crippen LogP contribution in [0.1, 0.15) is 45.4 Å². The first kappa shape index (κ1) is 15.3.